The van der Waals surface area contributed by atoms with Gasteiger partial charge in [0.25, 0.3) is 0 Å². The molecule has 0 fully saturated rings. The van der Waals surface area contributed by atoms with Crippen LogP contribution in [-0.2, 0) is 0 Å². The van der Waals surface area contributed by atoms with Gasteiger partial charge in [-0.25, -0.2) is 0 Å². The van der Waals surface area contributed by atoms with Crippen LogP contribution in [0.4, 0.5) is 0 Å². The fourth-order valence-electron chi connectivity index (χ4n) is 2.60. The highest BCUT2D eigenvalue weighted by Crippen LogP contribution is 2.66. The predicted octanol–water partition coefficient (Wildman–Crippen LogP) is 5.01. The normalized spacial score (nSPS) is 15.2. The van der Waals surface area contributed by atoms with Gasteiger partial charge >= 0.3 is 0 Å². The van der Waals surface area contributed by atoms with E-state index in [1.807, 2.05) is 0 Å². The van der Waals surface area contributed by atoms with Crippen LogP contribution in [0.3, 0.4) is 0 Å². The molecule has 80 valence electrons. The molecule has 0 spiro atoms. The molecule has 0 aromatic heterocycles. The molecule has 0 unspecified atom stereocenters. The lowest BCUT2D eigenvalue weighted by Gasteiger charge is -2.47. The summed E-state index contributed by atoms with van der Waals surface area (Å²) in [5.74, 6) is 0. The Morgan fingerprint density at radius 1 is 0.846 bits per heavy atom. The molecule has 0 aromatic rings. The average Bonchev–Trinajstić information content (AvgIpc) is 1.44. The summed E-state index contributed by atoms with van der Waals surface area (Å²) >= 11 is 6.64. The Balaban J connectivity index is 5.02. The minimum atomic E-state index is -1.52. The maximum atomic E-state index is 6.64. The van der Waals surface area contributed by atoms with Gasteiger partial charge in [-0.3, -0.25) is 0 Å². The van der Waals surface area contributed by atoms with Gasteiger partial charge in [-0.1, -0.05) is 62.1 Å². The van der Waals surface area contributed by atoms with Crippen molar-refractivity contribution in [3.63, 3.8) is 0 Å². The molecular formula is C10H24ClPSi. The molecule has 0 amide bonds. The maximum Gasteiger partial charge on any atom is 0.176 e. The maximum absolute atomic E-state index is 6.64. The van der Waals surface area contributed by atoms with Gasteiger partial charge < -0.3 is 0 Å². The van der Waals surface area contributed by atoms with Crippen LogP contribution in [0.5, 0.6) is 0 Å². The molecular weight excluding hydrogens is 215 g/mol. The molecule has 0 atom stereocenters. The molecule has 0 rings (SSSR count). The number of hydrogen-bond acceptors (Lipinski definition) is 0. The van der Waals surface area contributed by atoms with E-state index in [9.17, 15) is 0 Å². The monoisotopic (exact) mass is 238 g/mol. The highest BCUT2D eigenvalue weighted by Gasteiger charge is 2.44. The van der Waals surface area contributed by atoms with Gasteiger partial charge in [-0.2, -0.15) is 11.1 Å². The van der Waals surface area contributed by atoms with E-state index < -0.39 is 7.05 Å². The Morgan fingerprint density at radius 3 is 1.08 bits per heavy atom. The van der Waals surface area contributed by atoms with Crippen LogP contribution in [0.15, 0.2) is 0 Å². The topological polar surface area (TPSA) is 0 Å². The zero-order valence-corrected chi connectivity index (χ0v) is 13.0. The number of halogens is 1. The van der Waals surface area contributed by atoms with Gasteiger partial charge in [0.15, 0.2) is 7.05 Å². The lowest BCUT2D eigenvalue weighted by atomic mass is 10.2. The van der Waals surface area contributed by atoms with Gasteiger partial charge in [0.05, 0.1) is 0 Å². The third kappa shape index (κ3) is 4.32. The summed E-state index contributed by atoms with van der Waals surface area (Å²) in [6, 6.07) is 0. The molecule has 0 radical (unpaired) electrons. The molecule has 0 saturated heterocycles. The fourth-order valence-corrected chi connectivity index (χ4v) is 21.9. The second-order valence-electron chi connectivity index (χ2n) is 6.09. The first-order chi connectivity index (χ1) is 5.37. The molecule has 0 aliphatic carbocycles. The molecule has 0 N–H and O–H groups in total. The van der Waals surface area contributed by atoms with Crippen LogP contribution in [0, 0.1) is 0 Å². The molecule has 0 heterocycles. The van der Waals surface area contributed by atoms with Crippen molar-refractivity contribution in [2.75, 3.05) is 0 Å². The smallest absolute Gasteiger partial charge is 0.161 e. The van der Waals surface area contributed by atoms with Crippen molar-refractivity contribution in [1.29, 1.82) is 0 Å². The van der Waals surface area contributed by atoms with E-state index in [4.69, 9.17) is 11.1 Å². The van der Waals surface area contributed by atoms with E-state index in [1.165, 1.54) is 0 Å². The fraction of sp³-hybridized carbons (Fsp3) is 1.00. The summed E-state index contributed by atoms with van der Waals surface area (Å²) in [7, 11) is -1.60. The van der Waals surface area contributed by atoms with Gasteiger partial charge in [0.1, 0.15) is 0 Å². The molecule has 0 nitrogen and oxygen atoms in total. The van der Waals surface area contributed by atoms with Gasteiger partial charge in [0.2, 0.25) is 0 Å². The van der Waals surface area contributed by atoms with E-state index in [1.54, 1.807) is 0 Å². The summed E-state index contributed by atoms with van der Waals surface area (Å²) in [6.07, 6.45) is 0. The summed E-state index contributed by atoms with van der Waals surface area (Å²) < 4.78 is 0. The Hall–Kier alpha value is 0.937. The summed E-state index contributed by atoms with van der Waals surface area (Å²) in [4.78, 5) is 0. The third-order valence-electron chi connectivity index (χ3n) is 1.87. The van der Waals surface area contributed by atoms with Crippen molar-refractivity contribution in [1.82, 2.24) is 0 Å². The van der Waals surface area contributed by atoms with Crippen LogP contribution in [0.1, 0.15) is 41.5 Å². The van der Waals surface area contributed by atoms with Crippen LogP contribution in [0.2, 0.25) is 13.1 Å². The Kier molecular flexibility index (Phi) is 4.11. The molecule has 0 bridgehead atoms. The summed E-state index contributed by atoms with van der Waals surface area (Å²) in [5.41, 5.74) is 0. The van der Waals surface area contributed by atoms with Crippen LogP contribution >= 0.6 is 18.5 Å². The standard InChI is InChI=1S/C10H24ClPSi/c1-9(2,3)12(10(4,5)6)13(7,8)11/h1-8H3. The van der Waals surface area contributed by atoms with Crippen LogP contribution in [-0.4, -0.2) is 17.4 Å². The van der Waals surface area contributed by atoms with E-state index >= 15 is 0 Å². The molecule has 0 aromatic carbocycles. The van der Waals surface area contributed by atoms with Gasteiger partial charge in [-0.05, 0) is 10.3 Å². The molecule has 0 aliphatic rings. The van der Waals surface area contributed by atoms with E-state index in [0.717, 1.165) is 0 Å². The lowest BCUT2D eigenvalue weighted by molar-refractivity contribution is 0.718. The zero-order chi connectivity index (χ0) is 11.1. The lowest BCUT2D eigenvalue weighted by Crippen LogP contribution is -2.36. The SMILES string of the molecule is CC(C)(C)P(C(C)(C)C)[Si](C)(C)Cl. The summed E-state index contributed by atoms with van der Waals surface area (Å²) in [5, 5.41) is 0.760. The first kappa shape index (κ1) is 13.9. The highest BCUT2D eigenvalue weighted by molar-refractivity contribution is 8.03. The van der Waals surface area contributed by atoms with Gasteiger partial charge in [-0.15, -0.1) is 0 Å². The first-order valence-corrected chi connectivity index (χ1v) is 11.1. The minimum Gasteiger partial charge on any atom is -0.161 e. The second kappa shape index (κ2) is 3.83. The molecule has 3 heteroatoms. The third-order valence-corrected chi connectivity index (χ3v) is 14.4. The molecule has 0 saturated carbocycles. The molecule has 13 heavy (non-hydrogen) atoms. The highest BCUT2D eigenvalue weighted by atomic mass is 35.6. The number of hydrogen-bond donors (Lipinski definition) is 0. The predicted molar refractivity (Wildman–Crippen MR) is 69.8 cm³/mol. The van der Waals surface area contributed by atoms with E-state index in [0.29, 0.717) is 10.3 Å². The van der Waals surface area contributed by atoms with Crippen LogP contribution in [0.25, 0.3) is 0 Å². The van der Waals surface area contributed by atoms with Crippen molar-refractivity contribution >= 4 is 25.6 Å². The van der Waals surface area contributed by atoms with Crippen molar-refractivity contribution in [2.24, 2.45) is 0 Å². The van der Waals surface area contributed by atoms with Crippen molar-refractivity contribution in [3.8, 4) is 0 Å². The van der Waals surface area contributed by atoms with Crippen molar-refractivity contribution < 1.29 is 0 Å². The Bertz CT molecular complexity index is 138. The molecule has 0 aliphatic heterocycles. The first-order valence-electron chi connectivity index (χ1n) is 4.86. The second-order valence-corrected chi connectivity index (χ2v) is 20.6. The quantitative estimate of drug-likeness (QED) is 0.342. The van der Waals surface area contributed by atoms with Gasteiger partial charge in [0, 0.05) is 0 Å². The van der Waals surface area contributed by atoms with Crippen LogP contribution < -0.4 is 0 Å². The number of rotatable bonds is 1. The van der Waals surface area contributed by atoms with E-state index in [-0.39, 0.29) is 7.47 Å². The Morgan fingerprint density at radius 2 is 1.08 bits per heavy atom. The van der Waals surface area contributed by atoms with Crippen molar-refractivity contribution in [2.45, 2.75) is 64.9 Å². The Labute approximate surface area is 90.8 Å². The summed E-state index contributed by atoms with van der Waals surface area (Å²) in [6.45, 7) is 18.6. The zero-order valence-electron chi connectivity index (χ0n) is 10.3. The largest absolute Gasteiger partial charge is 0.176 e. The average molecular weight is 239 g/mol. The van der Waals surface area contributed by atoms with E-state index in [2.05, 4.69) is 54.6 Å². The van der Waals surface area contributed by atoms with Crippen molar-refractivity contribution in [3.05, 3.63) is 0 Å². The minimum absolute atomic E-state index is 0.0795.